The Morgan fingerprint density at radius 3 is 2.82 bits per heavy atom. The Labute approximate surface area is 106 Å². The van der Waals surface area contributed by atoms with Gasteiger partial charge in [0.05, 0.1) is 12.0 Å². The zero-order valence-electron chi connectivity index (χ0n) is 8.41. The number of ether oxygens (including phenoxy) is 1. The van der Waals surface area contributed by atoms with Crippen LogP contribution in [0, 0.1) is 0 Å². The second-order valence-electron chi connectivity index (χ2n) is 3.14. The number of aromatic amines is 1. The van der Waals surface area contributed by atoms with Crippen LogP contribution in [-0.2, 0) is 0 Å². The van der Waals surface area contributed by atoms with Crippen molar-refractivity contribution in [1.82, 2.24) is 9.97 Å². The van der Waals surface area contributed by atoms with Gasteiger partial charge in [0.1, 0.15) is 0 Å². The summed E-state index contributed by atoms with van der Waals surface area (Å²) in [5.74, 6) is 0.318. The van der Waals surface area contributed by atoms with Gasteiger partial charge in [-0.1, -0.05) is 23.2 Å². The molecule has 0 fully saturated rings. The molecule has 0 radical (unpaired) electrons. The number of aromatic nitrogens is 2. The molecule has 0 saturated heterocycles. The molecule has 0 bridgehead atoms. The van der Waals surface area contributed by atoms with Crippen LogP contribution in [0.2, 0.25) is 10.0 Å². The summed E-state index contributed by atoms with van der Waals surface area (Å²) in [6, 6.07) is 4.70. The Balaban J connectivity index is 2.38. The van der Waals surface area contributed by atoms with E-state index in [0.717, 1.165) is 0 Å². The van der Waals surface area contributed by atoms with Crippen LogP contribution in [0.4, 0.5) is 5.69 Å². The van der Waals surface area contributed by atoms with Gasteiger partial charge in [0.25, 0.3) is 5.56 Å². The fourth-order valence-corrected chi connectivity index (χ4v) is 1.48. The van der Waals surface area contributed by atoms with E-state index in [1.54, 1.807) is 12.1 Å². The standard InChI is InChI=1S/C10H7Cl2N3O2/c11-5-1-2-7(6(13)3-5)17-10-8(12)9(16)14-4-15-10/h1-4H,13H2,(H,14,15,16). The molecule has 3 N–H and O–H groups in total. The number of nitrogens with one attached hydrogen (secondary N) is 1. The summed E-state index contributed by atoms with van der Waals surface area (Å²) >= 11 is 11.5. The van der Waals surface area contributed by atoms with E-state index < -0.39 is 5.56 Å². The number of rotatable bonds is 2. The van der Waals surface area contributed by atoms with E-state index >= 15 is 0 Å². The summed E-state index contributed by atoms with van der Waals surface area (Å²) in [4.78, 5) is 17.3. The maximum absolute atomic E-state index is 11.2. The Morgan fingerprint density at radius 2 is 2.12 bits per heavy atom. The van der Waals surface area contributed by atoms with Crippen molar-refractivity contribution in [3.05, 3.63) is 44.9 Å². The first-order chi connectivity index (χ1) is 8.08. The first kappa shape index (κ1) is 11.8. The predicted octanol–water partition coefficient (Wildman–Crippen LogP) is 2.45. The molecule has 0 aliphatic heterocycles. The lowest BCUT2D eigenvalue weighted by atomic mass is 10.3. The molecule has 0 unspecified atom stereocenters. The first-order valence-electron chi connectivity index (χ1n) is 4.54. The Bertz CT molecular complexity index is 613. The van der Waals surface area contributed by atoms with Crippen LogP contribution in [0.5, 0.6) is 11.6 Å². The number of anilines is 1. The summed E-state index contributed by atoms with van der Waals surface area (Å²) in [6.45, 7) is 0. The molecule has 2 aromatic rings. The summed E-state index contributed by atoms with van der Waals surface area (Å²) in [5.41, 5.74) is 5.54. The van der Waals surface area contributed by atoms with Crippen molar-refractivity contribution in [2.45, 2.75) is 0 Å². The topological polar surface area (TPSA) is 81.0 Å². The molecule has 17 heavy (non-hydrogen) atoms. The summed E-state index contributed by atoms with van der Waals surface area (Å²) in [6.07, 6.45) is 1.19. The second kappa shape index (κ2) is 4.65. The summed E-state index contributed by atoms with van der Waals surface area (Å²) in [5, 5.41) is 0.349. The average Bonchev–Trinajstić information content (AvgIpc) is 2.28. The lowest BCUT2D eigenvalue weighted by Gasteiger charge is -2.08. The third kappa shape index (κ3) is 2.51. The first-order valence-corrected chi connectivity index (χ1v) is 5.29. The SMILES string of the molecule is Nc1cc(Cl)ccc1Oc1nc[nH]c(=O)c1Cl. The molecule has 0 saturated carbocycles. The molecule has 5 nitrogen and oxygen atoms in total. The monoisotopic (exact) mass is 271 g/mol. The number of hydrogen-bond acceptors (Lipinski definition) is 4. The van der Waals surface area contributed by atoms with Crippen LogP contribution in [0.1, 0.15) is 0 Å². The molecule has 0 aliphatic carbocycles. The maximum Gasteiger partial charge on any atom is 0.273 e. The van der Waals surface area contributed by atoms with E-state index in [1.807, 2.05) is 0 Å². The van der Waals surface area contributed by atoms with Crippen LogP contribution in [0.15, 0.2) is 29.3 Å². The molecular formula is C10H7Cl2N3O2. The minimum atomic E-state index is -0.482. The molecule has 1 aromatic carbocycles. The van der Waals surface area contributed by atoms with Crippen LogP contribution >= 0.6 is 23.2 Å². The van der Waals surface area contributed by atoms with Crippen LogP contribution < -0.4 is 16.0 Å². The van der Waals surface area contributed by atoms with Gasteiger partial charge < -0.3 is 15.5 Å². The zero-order chi connectivity index (χ0) is 12.4. The van der Waals surface area contributed by atoms with Crippen molar-refractivity contribution in [3.63, 3.8) is 0 Å². The van der Waals surface area contributed by atoms with E-state index in [-0.39, 0.29) is 10.9 Å². The van der Waals surface area contributed by atoms with Gasteiger partial charge in [0, 0.05) is 5.02 Å². The van der Waals surface area contributed by atoms with E-state index in [4.69, 9.17) is 33.7 Å². The number of halogens is 2. The van der Waals surface area contributed by atoms with Gasteiger partial charge in [-0.2, -0.15) is 0 Å². The molecular weight excluding hydrogens is 265 g/mol. The normalized spacial score (nSPS) is 10.2. The van der Waals surface area contributed by atoms with Gasteiger partial charge in [-0.25, -0.2) is 4.98 Å². The van der Waals surface area contributed by atoms with E-state index in [9.17, 15) is 4.79 Å². The molecule has 2 rings (SSSR count). The fourth-order valence-electron chi connectivity index (χ4n) is 1.15. The number of H-pyrrole nitrogens is 1. The number of nitrogen functional groups attached to an aromatic ring is 1. The molecule has 7 heteroatoms. The van der Waals surface area contributed by atoms with Crippen molar-refractivity contribution in [2.24, 2.45) is 0 Å². The highest BCUT2D eigenvalue weighted by Crippen LogP contribution is 2.30. The van der Waals surface area contributed by atoms with Crippen molar-refractivity contribution < 1.29 is 4.74 Å². The zero-order valence-corrected chi connectivity index (χ0v) is 9.92. The van der Waals surface area contributed by atoms with Gasteiger partial charge in [0.2, 0.25) is 5.88 Å². The Hall–Kier alpha value is -1.72. The van der Waals surface area contributed by atoms with Gasteiger partial charge in [0.15, 0.2) is 10.8 Å². The van der Waals surface area contributed by atoms with Gasteiger partial charge in [-0.05, 0) is 18.2 Å². The second-order valence-corrected chi connectivity index (χ2v) is 3.95. The van der Waals surface area contributed by atoms with Crippen molar-refractivity contribution in [1.29, 1.82) is 0 Å². The van der Waals surface area contributed by atoms with Crippen molar-refractivity contribution in [3.8, 4) is 11.6 Å². The third-order valence-electron chi connectivity index (χ3n) is 1.94. The van der Waals surface area contributed by atoms with Gasteiger partial charge in [-0.3, -0.25) is 4.79 Å². The molecule has 1 heterocycles. The highest BCUT2D eigenvalue weighted by molar-refractivity contribution is 6.31. The Kier molecular flexibility index (Phi) is 3.21. The van der Waals surface area contributed by atoms with Crippen LogP contribution in [-0.4, -0.2) is 9.97 Å². The quantitative estimate of drug-likeness (QED) is 0.823. The minimum absolute atomic E-state index is 0.00978. The molecule has 0 spiro atoms. The number of benzene rings is 1. The number of nitrogens with two attached hydrogens (primary N) is 1. The number of nitrogens with zero attached hydrogens (tertiary/aromatic N) is 1. The molecule has 0 amide bonds. The van der Waals surface area contributed by atoms with E-state index in [1.165, 1.54) is 12.4 Å². The van der Waals surface area contributed by atoms with Crippen LogP contribution in [0.25, 0.3) is 0 Å². The summed E-state index contributed by atoms with van der Waals surface area (Å²) in [7, 11) is 0. The highest BCUT2D eigenvalue weighted by Gasteiger charge is 2.10. The maximum atomic E-state index is 11.2. The number of hydrogen-bond donors (Lipinski definition) is 2. The highest BCUT2D eigenvalue weighted by atomic mass is 35.5. The Morgan fingerprint density at radius 1 is 1.35 bits per heavy atom. The fraction of sp³-hybridized carbons (Fsp3) is 0. The molecule has 0 aliphatic rings. The average molecular weight is 272 g/mol. The smallest absolute Gasteiger partial charge is 0.273 e. The van der Waals surface area contributed by atoms with Crippen molar-refractivity contribution in [2.75, 3.05) is 5.73 Å². The lowest BCUT2D eigenvalue weighted by Crippen LogP contribution is -2.08. The van der Waals surface area contributed by atoms with Crippen LogP contribution in [0.3, 0.4) is 0 Å². The van der Waals surface area contributed by atoms with Gasteiger partial charge in [-0.15, -0.1) is 0 Å². The van der Waals surface area contributed by atoms with E-state index in [0.29, 0.717) is 16.5 Å². The van der Waals surface area contributed by atoms with Gasteiger partial charge >= 0.3 is 0 Å². The summed E-state index contributed by atoms with van der Waals surface area (Å²) < 4.78 is 5.33. The van der Waals surface area contributed by atoms with Crippen molar-refractivity contribution >= 4 is 28.9 Å². The lowest BCUT2D eigenvalue weighted by molar-refractivity contribution is 0.463. The molecule has 88 valence electrons. The van der Waals surface area contributed by atoms with E-state index in [2.05, 4.69) is 9.97 Å². The predicted molar refractivity (Wildman–Crippen MR) is 65.8 cm³/mol. The third-order valence-corrected chi connectivity index (χ3v) is 2.51. The molecule has 1 aromatic heterocycles. The largest absolute Gasteiger partial charge is 0.435 e. The minimum Gasteiger partial charge on any atom is -0.435 e. The molecule has 0 atom stereocenters.